The first-order valence-electron chi connectivity index (χ1n) is 16.0. The smallest absolute Gasteiger partial charge is 0.192 e. The zero-order valence-corrected chi connectivity index (χ0v) is 27.6. The predicted octanol–water partition coefficient (Wildman–Crippen LogP) is 7.98. The van der Waals surface area contributed by atoms with Gasteiger partial charge in [-0.25, -0.2) is 0 Å². The highest BCUT2D eigenvalue weighted by Crippen LogP contribution is 2.80. The van der Waals surface area contributed by atoms with Crippen LogP contribution in [0.3, 0.4) is 0 Å². The number of hydrogen-bond acceptors (Lipinski definition) is 5. The molecule has 5 nitrogen and oxygen atoms in total. The lowest BCUT2D eigenvalue weighted by atomic mass is 9.35. The minimum Gasteiger partial charge on any atom is -0.364 e. The number of ether oxygens (including phenoxy) is 1. The second kappa shape index (κ2) is 10.2. The Morgan fingerprint density at radius 2 is 1.53 bits per heavy atom. The van der Waals surface area contributed by atoms with Crippen molar-refractivity contribution in [1.82, 2.24) is 0 Å². The van der Waals surface area contributed by atoms with E-state index >= 15 is 9.59 Å². The lowest BCUT2D eigenvalue weighted by Crippen LogP contribution is -2.80. The first-order valence-corrected chi connectivity index (χ1v) is 16.0. The summed E-state index contributed by atoms with van der Waals surface area (Å²) in [5.41, 5.74) is -2.89. The molecule has 43 heavy (non-hydrogen) atoms. The van der Waals surface area contributed by atoms with Crippen molar-refractivity contribution in [2.24, 2.45) is 33.5 Å². The molecule has 1 aromatic carbocycles. The van der Waals surface area contributed by atoms with E-state index in [1.807, 2.05) is 53.7 Å². The van der Waals surface area contributed by atoms with E-state index < -0.39 is 50.4 Å². The third-order valence-electron chi connectivity index (χ3n) is 11.8. The van der Waals surface area contributed by atoms with Crippen LogP contribution in [0.2, 0.25) is 0 Å². The van der Waals surface area contributed by atoms with Crippen molar-refractivity contribution < 1.29 is 24.2 Å². The Hall–Kier alpha value is -2.63. The fraction of sp³-hybridized carbons (Fsp3) is 0.605. The third-order valence-corrected chi connectivity index (χ3v) is 11.8. The van der Waals surface area contributed by atoms with Crippen LogP contribution in [0.5, 0.6) is 0 Å². The van der Waals surface area contributed by atoms with Gasteiger partial charge >= 0.3 is 0 Å². The molecule has 6 bridgehead atoms. The van der Waals surface area contributed by atoms with Crippen LogP contribution >= 0.6 is 0 Å². The van der Waals surface area contributed by atoms with Crippen LogP contribution in [0.4, 0.5) is 0 Å². The van der Waals surface area contributed by atoms with E-state index in [9.17, 15) is 9.90 Å². The highest BCUT2D eigenvalue weighted by molar-refractivity contribution is 6.34. The van der Waals surface area contributed by atoms with Gasteiger partial charge in [-0.2, -0.15) is 0 Å². The van der Waals surface area contributed by atoms with Gasteiger partial charge in [-0.15, -0.1) is 0 Å². The molecule has 0 radical (unpaired) electrons. The first kappa shape index (κ1) is 31.8. The predicted molar refractivity (Wildman–Crippen MR) is 169 cm³/mol. The molecule has 5 fully saturated rings. The molecule has 4 aliphatic carbocycles. The Balaban J connectivity index is 1.83. The molecule has 0 unspecified atom stereocenters. The number of rotatable bonds is 9. The third kappa shape index (κ3) is 3.99. The van der Waals surface area contributed by atoms with Crippen molar-refractivity contribution in [2.45, 2.75) is 112 Å². The molecule has 0 spiro atoms. The summed E-state index contributed by atoms with van der Waals surface area (Å²) in [5, 5.41) is 13.2. The van der Waals surface area contributed by atoms with Gasteiger partial charge in [0.05, 0.1) is 16.4 Å². The van der Waals surface area contributed by atoms with E-state index in [0.717, 1.165) is 24.0 Å². The maximum absolute atomic E-state index is 15.6. The zero-order chi connectivity index (χ0) is 31.8. The van der Waals surface area contributed by atoms with Crippen molar-refractivity contribution in [1.29, 1.82) is 0 Å². The van der Waals surface area contributed by atoms with Gasteiger partial charge in [0.15, 0.2) is 28.6 Å². The van der Waals surface area contributed by atoms with Crippen molar-refractivity contribution in [3.63, 3.8) is 0 Å². The van der Waals surface area contributed by atoms with Crippen LogP contribution in [0.25, 0.3) is 0 Å². The Kier molecular flexibility index (Phi) is 7.54. The number of carbonyl (C=O) groups is 3. The number of benzene rings is 1. The SMILES string of the molecule is CC(C)=CCC/C(C)=C/C[C@]12C[C@H]3C[C@H]4C(C)(C)O[C@]1(O)[C@]4(CC=C(C)C)C(=O)[C@@](C(=O)c1ccccc1)(C2=O)C3(C)C. The molecule has 232 valence electrons. The van der Waals surface area contributed by atoms with Gasteiger partial charge in [0.1, 0.15) is 0 Å². The Morgan fingerprint density at radius 3 is 2.14 bits per heavy atom. The van der Waals surface area contributed by atoms with Gasteiger partial charge in [0.25, 0.3) is 0 Å². The molecule has 0 amide bonds. The van der Waals surface area contributed by atoms with Gasteiger partial charge < -0.3 is 9.84 Å². The van der Waals surface area contributed by atoms with E-state index in [-0.39, 0.29) is 24.7 Å². The number of aliphatic hydroxyl groups is 1. The van der Waals surface area contributed by atoms with Crippen molar-refractivity contribution in [2.75, 3.05) is 0 Å². The fourth-order valence-electron chi connectivity index (χ4n) is 9.50. The summed E-state index contributed by atoms with van der Waals surface area (Å²) in [6.07, 6.45) is 9.42. The minimum atomic E-state index is -2.04. The van der Waals surface area contributed by atoms with Crippen molar-refractivity contribution >= 4 is 17.3 Å². The number of carbonyl (C=O) groups excluding carboxylic acids is 3. The molecule has 6 atom stereocenters. The van der Waals surface area contributed by atoms with E-state index in [1.54, 1.807) is 24.3 Å². The van der Waals surface area contributed by atoms with E-state index in [2.05, 4.69) is 32.9 Å². The second-order valence-corrected chi connectivity index (χ2v) is 15.5. The number of ketones is 3. The lowest BCUT2D eigenvalue weighted by molar-refractivity contribution is -0.324. The van der Waals surface area contributed by atoms with Gasteiger partial charge in [-0.05, 0) is 98.3 Å². The first-order chi connectivity index (χ1) is 20.0. The molecule has 4 saturated carbocycles. The van der Waals surface area contributed by atoms with Crippen LogP contribution in [0.1, 0.15) is 111 Å². The summed E-state index contributed by atoms with van der Waals surface area (Å²) in [7, 11) is 0. The zero-order valence-electron chi connectivity index (χ0n) is 27.6. The summed E-state index contributed by atoms with van der Waals surface area (Å²) in [4.78, 5) is 46.0. The summed E-state index contributed by atoms with van der Waals surface area (Å²) < 4.78 is 6.73. The van der Waals surface area contributed by atoms with Gasteiger partial charge in [-0.1, -0.05) is 79.1 Å². The maximum Gasteiger partial charge on any atom is 0.192 e. The molecule has 1 saturated heterocycles. The van der Waals surface area contributed by atoms with Crippen molar-refractivity contribution in [3.8, 4) is 0 Å². The standard InChI is InChI=1S/C38H50O5/c1-24(2)14-13-15-26(5)19-20-35-23-28-22-29-34(8,9)43-38(35,42)36(29,21-18-25(3)4)32(41)37(31(35)40,33(28,6)7)30(39)27-16-11-10-12-17-27/h10-12,14,16-19,28-29,42H,13,15,20-23H2,1-9H3/b26-19+/t28-,29+,35-,36+,37-,38+/m1/s1. The average molecular weight is 587 g/mol. The number of Topliss-reactive ketones (excluding diaryl/α,β-unsaturated/α-hetero) is 3. The topological polar surface area (TPSA) is 80.7 Å². The highest BCUT2D eigenvalue weighted by atomic mass is 16.7. The molecule has 0 aromatic heterocycles. The van der Waals surface area contributed by atoms with Gasteiger partial charge in [0.2, 0.25) is 0 Å². The van der Waals surface area contributed by atoms with E-state index in [0.29, 0.717) is 18.4 Å². The summed E-state index contributed by atoms with van der Waals surface area (Å²) in [5.74, 6) is -3.88. The quantitative estimate of drug-likeness (QED) is 0.180. The summed E-state index contributed by atoms with van der Waals surface area (Å²) >= 11 is 0. The molecule has 1 aromatic rings. The normalized spacial score (nSPS) is 36.8. The van der Waals surface area contributed by atoms with Gasteiger partial charge in [0, 0.05) is 11.5 Å². The summed E-state index contributed by atoms with van der Waals surface area (Å²) in [6, 6.07) is 8.80. The van der Waals surface area contributed by atoms with Crippen molar-refractivity contribution in [3.05, 3.63) is 70.8 Å². The van der Waals surface area contributed by atoms with E-state index in [4.69, 9.17) is 4.74 Å². The Bertz CT molecular complexity index is 1440. The van der Waals surface area contributed by atoms with Gasteiger partial charge in [-0.3, -0.25) is 14.4 Å². The second-order valence-electron chi connectivity index (χ2n) is 15.5. The average Bonchev–Trinajstić information content (AvgIpc) is 3.01. The molecular weight excluding hydrogens is 536 g/mol. The van der Waals surface area contributed by atoms with Crippen LogP contribution in [0, 0.1) is 33.5 Å². The Labute approximate surface area is 257 Å². The monoisotopic (exact) mass is 586 g/mol. The number of allylic oxidation sites excluding steroid dienone is 6. The fourth-order valence-corrected chi connectivity index (χ4v) is 9.50. The van der Waals surface area contributed by atoms with Crippen LogP contribution in [-0.2, 0) is 14.3 Å². The minimum absolute atomic E-state index is 0.142. The maximum atomic E-state index is 15.6. The molecular formula is C38H50O5. The van der Waals surface area contributed by atoms with Crippen LogP contribution < -0.4 is 0 Å². The van der Waals surface area contributed by atoms with Crippen LogP contribution in [0.15, 0.2) is 65.3 Å². The largest absolute Gasteiger partial charge is 0.364 e. The molecule has 1 aliphatic heterocycles. The molecule has 1 heterocycles. The van der Waals surface area contributed by atoms with Crippen LogP contribution in [-0.4, -0.2) is 33.8 Å². The van der Waals surface area contributed by atoms with E-state index in [1.165, 1.54) is 5.57 Å². The lowest BCUT2D eigenvalue weighted by Gasteiger charge is -2.65. The highest BCUT2D eigenvalue weighted by Gasteiger charge is 2.92. The molecule has 5 aliphatic rings. The number of hydrogen-bond donors (Lipinski definition) is 1. The molecule has 5 heteroatoms. The molecule has 6 rings (SSSR count). The Morgan fingerprint density at radius 1 is 0.907 bits per heavy atom. The summed E-state index contributed by atoms with van der Waals surface area (Å²) in [6.45, 7) is 18.0. The molecule has 1 N–H and O–H groups in total.